The fourth-order valence-corrected chi connectivity index (χ4v) is 8.28. The molecule has 176 valence electrons. The number of nitrogens with two attached hydrogens (primary N) is 1. The number of ketones is 1. The van der Waals surface area contributed by atoms with Crippen LogP contribution < -0.4 is 5.73 Å². The molecular weight excluding hydrogens is 449 g/mol. The molecule has 4 aliphatic rings. The number of hydrogen-bond acceptors (Lipinski definition) is 5. The zero-order valence-corrected chi connectivity index (χ0v) is 19.9. The molecule has 2 bridgehead atoms. The fraction of sp³-hybridized carbons (Fsp3) is 0.407. The van der Waals surface area contributed by atoms with Crippen LogP contribution in [0.3, 0.4) is 0 Å². The van der Waals surface area contributed by atoms with E-state index in [0.717, 1.165) is 37.7 Å². The van der Waals surface area contributed by atoms with E-state index in [2.05, 4.69) is 9.36 Å². The Balaban J connectivity index is 1.44. The van der Waals surface area contributed by atoms with E-state index in [0.29, 0.717) is 33.7 Å². The van der Waals surface area contributed by atoms with Gasteiger partial charge in [-0.25, -0.2) is 13.6 Å². The standard InChI is InChI=1S/C27H28FN3O2S/c1-34(33)21-5-3-2-4-20(21)30-27(31-34)24-25(29)19(13-8-15-6-11-18(28)12-7-15)22-16-9-10-17(14-16)23(22)26(24)32/h2-7,11-12,16-17,19,22-23H,8-10,13-14,29H2,1H3/t16-,17+,19?,22-,23-,34?/m1/s1. The molecule has 3 aliphatic carbocycles. The molecule has 0 amide bonds. The molecule has 0 radical (unpaired) electrons. The Bertz CT molecular complexity index is 1370. The lowest BCUT2D eigenvalue weighted by molar-refractivity contribution is -0.123. The zero-order valence-electron chi connectivity index (χ0n) is 19.1. The highest BCUT2D eigenvalue weighted by Crippen LogP contribution is 2.59. The Morgan fingerprint density at radius 1 is 1.09 bits per heavy atom. The van der Waals surface area contributed by atoms with Crippen molar-refractivity contribution in [2.45, 2.75) is 37.0 Å². The third-order valence-electron chi connectivity index (χ3n) is 8.32. The summed E-state index contributed by atoms with van der Waals surface area (Å²) in [5, 5.41) is 0. The van der Waals surface area contributed by atoms with E-state index in [4.69, 9.17) is 5.73 Å². The van der Waals surface area contributed by atoms with Crippen molar-refractivity contribution in [3.8, 4) is 0 Å². The summed E-state index contributed by atoms with van der Waals surface area (Å²) in [4.78, 5) is 19.1. The molecule has 2 fully saturated rings. The van der Waals surface area contributed by atoms with Gasteiger partial charge in [-0.15, -0.1) is 0 Å². The number of carbonyl (C=O) groups is 1. The number of aryl methyl sites for hydroxylation is 1. The second-order valence-corrected chi connectivity index (χ2v) is 12.4. The van der Waals surface area contributed by atoms with Crippen LogP contribution in [0.4, 0.5) is 10.1 Å². The van der Waals surface area contributed by atoms with Gasteiger partial charge in [0.25, 0.3) is 0 Å². The van der Waals surface area contributed by atoms with Gasteiger partial charge in [0.1, 0.15) is 5.82 Å². The number of amidine groups is 1. The summed E-state index contributed by atoms with van der Waals surface area (Å²) in [6, 6.07) is 13.8. The van der Waals surface area contributed by atoms with E-state index in [1.807, 2.05) is 30.3 Å². The average Bonchev–Trinajstić information content (AvgIpc) is 3.42. The van der Waals surface area contributed by atoms with Crippen molar-refractivity contribution in [1.82, 2.24) is 0 Å². The second kappa shape index (κ2) is 7.87. The van der Waals surface area contributed by atoms with Crippen LogP contribution in [0.2, 0.25) is 0 Å². The smallest absolute Gasteiger partial charge is 0.175 e. The topological polar surface area (TPSA) is 84.9 Å². The summed E-state index contributed by atoms with van der Waals surface area (Å²) in [5.74, 6) is 1.09. The number of carbonyl (C=O) groups excluding carboxylic acids is 1. The first-order valence-electron chi connectivity index (χ1n) is 12.0. The Morgan fingerprint density at radius 3 is 2.62 bits per heavy atom. The Morgan fingerprint density at radius 2 is 1.82 bits per heavy atom. The summed E-state index contributed by atoms with van der Waals surface area (Å²) in [7, 11) is -2.73. The highest BCUT2D eigenvalue weighted by Gasteiger charge is 2.57. The quantitative estimate of drug-likeness (QED) is 0.670. The molecule has 7 heteroatoms. The van der Waals surface area contributed by atoms with Gasteiger partial charge in [0.05, 0.1) is 25.9 Å². The van der Waals surface area contributed by atoms with Crippen molar-refractivity contribution in [3.63, 3.8) is 0 Å². The van der Waals surface area contributed by atoms with Crippen LogP contribution in [0.5, 0.6) is 0 Å². The molecule has 6 rings (SSSR count). The number of nitrogens with zero attached hydrogens (tertiary/aromatic N) is 2. The molecule has 2 N–H and O–H groups in total. The van der Waals surface area contributed by atoms with E-state index in [1.165, 1.54) is 12.1 Å². The minimum Gasteiger partial charge on any atom is -0.401 e. The summed E-state index contributed by atoms with van der Waals surface area (Å²) >= 11 is 0. The number of fused-ring (bicyclic) bond motifs is 6. The third-order valence-corrected chi connectivity index (χ3v) is 10.0. The van der Waals surface area contributed by atoms with Gasteiger partial charge in [-0.3, -0.25) is 4.79 Å². The van der Waals surface area contributed by atoms with Crippen LogP contribution in [-0.2, 0) is 20.9 Å². The predicted octanol–water partition coefficient (Wildman–Crippen LogP) is 5.03. The molecule has 0 saturated heterocycles. The maximum atomic E-state index is 13.9. The van der Waals surface area contributed by atoms with E-state index in [9.17, 15) is 13.4 Å². The Hall–Kier alpha value is -2.80. The first kappa shape index (κ1) is 21.7. The van der Waals surface area contributed by atoms with Crippen LogP contribution in [0.1, 0.15) is 31.2 Å². The first-order chi connectivity index (χ1) is 16.3. The van der Waals surface area contributed by atoms with E-state index in [-0.39, 0.29) is 35.2 Å². The van der Waals surface area contributed by atoms with Gasteiger partial charge in [-0.2, -0.15) is 4.36 Å². The normalized spacial score (nSPS) is 33.9. The first-order valence-corrected chi connectivity index (χ1v) is 13.9. The number of rotatable bonds is 4. The molecule has 34 heavy (non-hydrogen) atoms. The van der Waals surface area contributed by atoms with Crippen molar-refractivity contribution in [1.29, 1.82) is 0 Å². The van der Waals surface area contributed by atoms with Crippen LogP contribution in [0, 0.1) is 35.4 Å². The Labute approximate surface area is 199 Å². The van der Waals surface area contributed by atoms with E-state index >= 15 is 0 Å². The SMILES string of the molecule is CS1(=O)=NC(C2=C(N)C(CCc3ccc(F)cc3)[C@H]3[C@@H]4CC[C@@H](C4)[C@H]3C2=O)=Nc2ccccc21. The molecule has 1 heterocycles. The number of allylic oxidation sites excluding steroid dienone is 1. The van der Waals surface area contributed by atoms with Crippen molar-refractivity contribution in [2.24, 2.45) is 44.7 Å². The van der Waals surface area contributed by atoms with E-state index in [1.54, 1.807) is 12.3 Å². The number of benzene rings is 2. The predicted molar refractivity (Wildman–Crippen MR) is 131 cm³/mol. The summed E-state index contributed by atoms with van der Waals surface area (Å²) in [5.41, 5.74) is 9.35. The zero-order chi connectivity index (χ0) is 23.6. The minimum absolute atomic E-state index is 0.0287. The van der Waals surface area contributed by atoms with Crippen molar-refractivity contribution in [3.05, 3.63) is 71.2 Å². The van der Waals surface area contributed by atoms with Crippen molar-refractivity contribution < 1.29 is 13.4 Å². The van der Waals surface area contributed by atoms with Crippen LogP contribution in [0.15, 0.2) is 74.1 Å². The maximum Gasteiger partial charge on any atom is 0.175 e. The molecule has 1 aliphatic heterocycles. The highest BCUT2D eigenvalue weighted by atomic mass is 32.2. The van der Waals surface area contributed by atoms with Crippen LogP contribution >= 0.6 is 0 Å². The van der Waals surface area contributed by atoms with Crippen molar-refractivity contribution in [2.75, 3.05) is 6.26 Å². The molecular formula is C27H28FN3O2S. The number of hydrogen-bond donors (Lipinski definition) is 1. The minimum atomic E-state index is -2.73. The monoisotopic (exact) mass is 477 g/mol. The van der Waals surface area contributed by atoms with Gasteiger partial charge in [0.15, 0.2) is 11.6 Å². The molecule has 0 spiro atoms. The average molecular weight is 478 g/mol. The molecule has 2 aromatic carbocycles. The van der Waals surface area contributed by atoms with Gasteiger partial charge >= 0.3 is 0 Å². The maximum absolute atomic E-state index is 13.9. The number of aliphatic imine (C=N–C) groups is 1. The van der Waals surface area contributed by atoms with Gasteiger partial charge in [-0.05, 0) is 79.7 Å². The number of para-hydroxylation sites is 1. The van der Waals surface area contributed by atoms with Gasteiger partial charge < -0.3 is 5.73 Å². The van der Waals surface area contributed by atoms with Gasteiger partial charge in [0.2, 0.25) is 0 Å². The van der Waals surface area contributed by atoms with Gasteiger partial charge in [0, 0.05) is 23.8 Å². The molecule has 6 atom stereocenters. The highest BCUT2D eigenvalue weighted by molar-refractivity contribution is 7.93. The molecule has 2 unspecified atom stereocenters. The molecule has 5 nitrogen and oxygen atoms in total. The van der Waals surface area contributed by atoms with Crippen LogP contribution in [0.25, 0.3) is 0 Å². The summed E-state index contributed by atoms with van der Waals surface area (Å²) < 4.78 is 31.3. The summed E-state index contributed by atoms with van der Waals surface area (Å²) in [6.07, 6.45) is 6.43. The van der Waals surface area contributed by atoms with Crippen molar-refractivity contribution >= 4 is 27.0 Å². The lowest BCUT2D eigenvalue weighted by Crippen LogP contribution is -2.44. The second-order valence-electron chi connectivity index (χ2n) is 10.2. The largest absolute Gasteiger partial charge is 0.401 e. The Kier molecular flexibility index (Phi) is 5.03. The van der Waals surface area contributed by atoms with Crippen LogP contribution in [-0.4, -0.2) is 22.1 Å². The lowest BCUT2D eigenvalue weighted by Gasteiger charge is -2.41. The summed E-state index contributed by atoms with van der Waals surface area (Å²) in [6.45, 7) is 0. The van der Waals surface area contributed by atoms with Gasteiger partial charge in [-0.1, -0.05) is 24.3 Å². The molecule has 2 saturated carbocycles. The lowest BCUT2D eigenvalue weighted by atomic mass is 9.63. The fourth-order valence-electron chi connectivity index (χ4n) is 6.89. The van der Waals surface area contributed by atoms with E-state index < -0.39 is 9.73 Å². The number of halogens is 1. The molecule has 0 aromatic heterocycles. The number of Topliss-reactive ketones (excluding diaryl/α,β-unsaturated/α-hetero) is 1. The third kappa shape index (κ3) is 3.35. The molecule has 2 aromatic rings.